The summed E-state index contributed by atoms with van der Waals surface area (Å²) in [7, 11) is 0. The van der Waals surface area contributed by atoms with E-state index in [1.165, 1.54) is 5.56 Å². The quantitative estimate of drug-likeness (QED) is 0.866. The summed E-state index contributed by atoms with van der Waals surface area (Å²) in [5.41, 5.74) is 3.18. The third kappa shape index (κ3) is 3.81. The van der Waals surface area contributed by atoms with Gasteiger partial charge in [-0.3, -0.25) is 4.79 Å². The first-order valence-electron chi connectivity index (χ1n) is 6.90. The van der Waals surface area contributed by atoms with Crippen LogP contribution in [0.25, 0.3) is 5.65 Å². The number of carbonyl (C=O) groups excluding carboxylic acids is 1. The second-order valence-electron chi connectivity index (χ2n) is 4.91. The second-order valence-corrected chi connectivity index (χ2v) is 4.91. The second kappa shape index (κ2) is 6.36. The van der Waals surface area contributed by atoms with Crippen LogP contribution in [0.2, 0.25) is 0 Å². The first-order valence-corrected chi connectivity index (χ1v) is 6.90. The van der Waals surface area contributed by atoms with Crippen molar-refractivity contribution in [3.8, 4) is 0 Å². The van der Waals surface area contributed by atoms with E-state index < -0.39 is 0 Å². The number of aromatic nitrogens is 2. The van der Waals surface area contributed by atoms with Crippen molar-refractivity contribution >= 4 is 11.6 Å². The van der Waals surface area contributed by atoms with Crippen molar-refractivity contribution in [3.63, 3.8) is 0 Å². The van der Waals surface area contributed by atoms with E-state index in [4.69, 9.17) is 0 Å². The van der Waals surface area contributed by atoms with Crippen LogP contribution in [-0.2, 0) is 11.2 Å². The molecule has 0 saturated heterocycles. The Labute approximate surface area is 113 Å². The lowest BCUT2D eigenvalue weighted by molar-refractivity contribution is -0.121. The molecule has 2 aromatic heterocycles. The molecule has 4 heteroatoms. The first kappa shape index (κ1) is 13.6. The molecule has 102 valence electrons. The lowest BCUT2D eigenvalue weighted by atomic mass is 10.2. The van der Waals surface area contributed by atoms with Crippen LogP contribution in [-0.4, -0.2) is 21.8 Å². The number of amides is 1. The van der Waals surface area contributed by atoms with Crippen molar-refractivity contribution in [2.24, 2.45) is 0 Å². The zero-order valence-corrected chi connectivity index (χ0v) is 11.6. The Bertz CT molecular complexity index is 560. The fraction of sp³-hybridized carbons (Fsp3) is 0.467. The molecule has 2 heterocycles. The Balaban J connectivity index is 1.86. The molecule has 0 bridgehead atoms. The number of imidazole rings is 1. The average molecular weight is 259 g/mol. The number of pyridine rings is 1. The zero-order chi connectivity index (χ0) is 13.7. The van der Waals surface area contributed by atoms with E-state index in [-0.39, 0.29) is 5.91 Å². The highest BCUT2D eigenvalue weighted by Gasteiger charge is 2.03. The van der Waals surface area contributed by atoms with E-state index in [0.717, 1.165) is 30.6 Å². The number of aryl methyl sites for hydroxylation is 1. The maximum atomic E-state index is 11.5. The Morgan fingerprint density at radius 3 is 3.00 bits per heavy atom. The highest BCUT2D eigenvalue weighted by Crippen LogP contribution is 2.07. The van der Waals surface area contributed by atoms with Crippen molar-refractivity contribution in [2.45, 2.75) is 39.5 Å². The van der Waals surface area contributed by atoms with Crippen molar-refractivity contribution < 1.29 is 4.79 Å². The molecule has 2 rings (SSSR count). The topological polar surface area (TPSA) is 46.4 Å². The molecule has 0 spiro atoms. The van der Waals surface area contributed by atoms with Crippen molar-refractivity contribution in [3.05, 3.63) is 35.8 Å². The van der Waals surface area contributed by atoms with Gasteiger partial charge in [-0.25, -0.2) is 4.98 Å². The monoisotopic (exact) mass is 259 g/mol. The third-order valence-corrected chi connectivity index (χ3v) is 3.11. The Hall–Kier alpha value is -1.84. The molecule has 0 unspecified atom stereocenters. The van der Waals surface area contributed by atoms with Gasteiger partial charge in [-0.1, -0.05) is 19.4 Å². The maximum absolute atomic E-state index is 11.5. The fourth-order valence-corrected chi connectivity index (χ4v) is 2.03. The predicted octanol–water partition coefficient (Wildman–Crippen LogP) is 2.49. The molecule has 1 amide bonds. The SMILES string of the molecule is CCCCC(=O)NCCc1cn2cc(C)ccc2n1. The number of fused-ring (bicyclic) bond motifs is 1. The molecular weight excluding hydrogens is 238 g/mol. The number of carbonyl (C=O) groups is 1. The number of nitrogens with zero attached hydrogens (tertiary/aromatic N) is 2. The summed E-state index contributed by atoms with van der Waals surface area (Å²) in [6, 6.07) is 4.07. The van der Waals surface area contributed by atoms with Crippen LogP contribution in [0.4, 0.5) is 0 Å². The average Bonchev–Trinajstić information content (AvgIpc) is 2.78. The van der Waals surface area contributed by atoms with E-state index >= 15 is 0 Å². The van der Waals surface area contributed by atoms with Crippen molar-refractivity contribution in [1.82, 2.24) is 14.7 Å². The van der Waals surface area contributed by atoms with Gasteiger partial charge in [0.05, 0.1) is 5.69 Å². The van der Waals surface area contributed by atoms with Gasteiger partial charge in [-0.2, -0.15) is 0 Å². The van der Waals surface area contributed by atoms with E-state index in [2.05, 4.69) is 36.4 Å². The summed E-state index contributed by atoms with van der Waals surface area (Å²) in [6.45, 7) is 4.81. The van der Waals surface area contributed by atoms with Crippen LogP contribution in [0.3, 0.4) is 0 Å². The van der Waals surface area contributed by atoms with Gasteiger partial charge in [0.15, 0.2) is 0 Å². The summed E-state index contributed by atoms with van der Waals surface area (Å²) in [6.07, 6.45) is 7.50. The van der Waals surface area contributed by atoms with Crippen LogP contribution >= 0.6 is 0 Å². The van der Waals surface area contributed by atoms with Crippen LogP contribution in [0.5, 0.6) is 0 Å². The largest absolute Gasteiger partial charge is 0.356 e. The molecule has 0 atom stereocenters. The van der Waals surface area contributed by atoms with E-state index in [1.54, 1.807) is 0 Å². The van der Waals surface area contributed by atoms with Gasteiger partial charge in [0.1, 0.15) is 5.65 Å². The van der Waals surface area contributed by atoms with Gasteiger partial charge >= 0.3 is 0 Å². The fourth-order valence-electron chi connectivity index (χ4n) is 2.03. The number of unbranched alkanes of at least 4 members (excludes halogenated alkanes) is 1. The maximum Gasteiger partial charge on any atom is 0.220 e. The molecule has 0 aliphatic rings. The number of hydrogen-bond acceptors (Lipinski definition) is 2. The highest BCUT2D eigenvalue weighted by atomic mass is 16.1. The Kier molecular flexibility index (Phi) is 4.55. The van der Waals surface area contributed by atoms with Gasteiger partial charge < -0.3 is 9.72 Å². The third-order valence-electron chi connectivity index (χ3n) is 3.11. The molecule has 4 nitrogen and oxygen atoms in total. The molecule has 1 N–H and O–H groups in total. The smallest absolute Gasteiger partial charge is 0.220 e. The van der Waals surface area contributed by atoms with Crippen LogP contribution < -0.4 is 5.32 Å². The molecule has 2 aromatic rings. The van der Waals surface area contributed by atoms with Gasteiger partial charge in [0.2, 0.25) is 5.91 Å². The first-order chi connectivity index (χ1) is 9.19. The summed E-state index contributed by atoms with van der Waals surface area (Å²) < 4.78 is 2.03. The normalized spacial score (nSPS) is 10.8. The molecule has 0 aliphatic carbocycles. The molecule has 0 aliphatic heterocycles. The number of nitrogens with one attached hydrogen (secondary N) is 1. The standard InChI is InChI=1S/C15H21N3O/c1-3-4-5-15(19)16-9-8-13-11-18-10-12(2)6-7-14(18)17-13/h6-7,10-11H,3-5,8-9H2,1-2H3,(H,16,19). The van der Waals surface area contributed by atoms with Gasteiger partial charge in [0.25, 0.3) is 0 Å². The van der Waals surface area contributed by atoms with Crippen LogP contribution in [0, 0.1) is 6.92 Å². The summed E-state index contributed by atoms with van der Waals surface area (Å²) in [4.78, 5) is 16.0. The summed E-state index contributed by atoms with van der Waals surface area (Å²) in [5, 5.41) is 2.93. The molecular formula is C15H21N3O. The summed E-state index contributed by atoms with van der Waals surface area (Å²) >= 11 is 0. The van der Waals surface area contributed by atoms with Gasteiger partial charge in [-0.15, -0.1) is 0 Å². The molecule has 0 radical (unpaired) electrons. The van der Waals surface area contributed by atoms with Gasteiger partial charge in [0, 0.05) is 31.8 Å². The minimum Gasteiger partial charge on any atom is -0.356 e. The van der Waals surface area contributed by atoms with Crippen LogP contribution in [0.15, 0.2) is 24.5 Å². The van der Waals surface area contributed by atoms with Gasteiger partial charge in [-0.05, 0) is 25.0 Å². The molecule has 0 saturated carbocycles. The minimum absolute atomic E-state index is 0.140. The summed E-state index contributed by atoms with van der Waals surface area (Å²) in [5.74, 6) is 0.140. The Morgan fingerprint density at radius 2 is 2.21 bits per heavy atom. The molecule has 0 aromatic carbocycles. The predicted molar refractivity (Wildman–Crippen MR) is 76.2 cm³/mol. The van der Waals surface area contributed by atoms with E-state index in [9.17, 15) is 4.79 Å². The lowest BCUT2D eigenvalue weighted by Gasteiger charge is -2.02. The highest BCUT2D eigenvalue weighted by molar-refractivity contribution is 5.75. The Morgan fingerprint density at radius 1 is 1.37 bits per heavy atom. The van der Waals surface area contributed by atoms with E-state index in [0.29, 0.717) is 13.0 Å². The van der Waals surface area contributed by atoms with Crippen molar-refractivity contribution in [2.75, 3.05) is 6.54 Å². The zero-order valence-electron chi connectivity index (χ0n) is 11.6. The van der Waals surface area contributed by atoms with E-state index in [1.807, 2.05) is 16.7 Å². The minimum atomic E-state index is 0.140. The molecule has 19 heavy (non-hydrogen) atoms. The van der Waals surface area contributed by atoms with Crippen molar-refractivity contribution in [1.29, 1.82) is 0 Å². The van der Waals surface area contributed by atoms with Crippen LogP contribution in [0.1, 0.15) is 37.4 Å². The number of hydrogen-bond donors (Lipinski definition) is 1. The lowest BCUT2D eigenvalue weighted by Crippen LogP contribution is -2.25. The molecule has 0 fully saturated rings. The number of rotatable bonds is 6.